The lowest BCUT2D eigenvalue weighted by molar-refractivity contribution is 0.411. The third-order valence-electron chi connectivity index (χ3n) is 3.14. The fourth-order valence-corrected chi connectivity index (χ4v) is 2.73. The average Bonchev–Trinajstić information content (AvgIpc) is 2.40. The van der Waals surface area contributed by atoms with Gasteiger partial charge in [-0.25, -0.2) is 4.39 Å². The van der Waals surface area contributed by atoms with Crippen LogP contribution in [0.25, 0.3) is 0 Å². The number of aryl methyl sites for hydroxylation is 2. The third-order valence-corrected chi connectivity index (χ3v) is 4.16. The van der Waals surface area contributed by atoms with Gasteiger partial charge in [0.05, 0.1) is 11.9 Å². The second-order valence-corrected chi connectivity index (χ2v) is 5.53. The molecule has 0 aliphatic carbocycles. The smallest absolute Gasteiger partial charge is 0.127 e. The molecule has 2 aromatic carbocycles. The predicted molar refractivity (Wildman–Crippen MR) is 79.6 cm³/mol. The zero-order chi connectivity index (χ0) is 14.0. The second kappa shape index (κ2) is 5.74. The van der Waals surface area contributed by atoms with Gasteiger partial charge in [-0.05, 0) is 37.1 Å². The first-order chi connectivity index (χ1) is 9.02. The summed E-state index contributed by atoms with van der Waals surface area (Å²) in [6, 6.07) is 11.0. The number of halogens is 2. The van der Waals surface area contributed by atoms with E-state index in [0.29, 0.717) is 5.56 Å². The van der Waals surface area contributed by atoms with Crippen molar-refractivity contribution in [1.29, 1.82) is 0 Å². The first kappa shape index (κ1) is 14.1. The molecule has 1 atom stereocenters. The molecule has 0 aromatic heterocycles. The molecule has 0 saturated carbocycles. The molecule has 0 radical (unpaired) electrons. The Morgan fingerprint density at radius 2 is 1.84 bits per heavy atom. The monoisotopic (exact) mass is 322 g/mol. The molecule has 1 unspecified atom stereocenters. The van der Waals surface area contributed by atoms with Crippen LogP contribution in [0, 0.1) is 19.7 Å². The van der Waals surface area contributed by atoms with E-state index in [-0.39, 0.29) is 10.6 Å². The molecule has 3 heteroatoms. The molecule has 0 aliphatic rings. The molecule has 0 aliphatic heterocycles. The van der Waals surface area contributed by atoms with Crippen LogP contribution in [0.15, 0.2) is 36.4 Å². The van der Waals surface area contributed by atoms with Crippen LogP contribution in [0.3, 0.4) is 0 Å². The van der Waals surface area contributed by atoms with Crippen molar-refractivity contribution in [3.05, 3.63) is 64.5 Å². The molecule has 0 amide bonds. The van der Waals surface area contributed by atoms with Gasteiger partial charge in [0, 0.05) is 5.56 Å². The quantitative estimate of drug-likeness (QED) is 0.727. The van der Waals surface area contributed by atoms with Crippen LogP contribution in [0.4, 0.5) is 4.39 Å². The minimum Gasteiger partial charge on any atom is -0.496 e. The highest BCUT2D eigenvalue weighted by molar-refractivity contribution is 9.09. The van der Waals surface area contributed by atoms with Crippen molar-refractivity contribution in [2.45, 2.75) is 18.7 Å². The molecule has 2 rings (SSSR count). The van der Waals surface area contributed by atoms with E-state index in [0.717, 1.165) is 22.4 Å². The summed E-state index contributed by atoms with van der Waals surface area (Å²) >= 11 is 3.58. The second-order valence-electron chi connectivity index (χ2n) is 4.62. The number of hydrogen-bond donors (Lipinski definition) is 0. The van der Waals surface area contributed by atoms with E-state index in [9.17, 15) is 4.39 Å². The van der Waals surface area contributed by atoms with Gasteiger partial charge in [0.25, 0.3) is 0 Å². The van der Waals surface area contributed by atoms with E-state index in [1.54, 1.807) is 13.2 Å². The standard InChI is InChI=1S/C16H16BrFO/c1-10-4-6-14(18)13(8-10)16(17)12-5-7-15(19-3)11(2)9-12/h4-9,16H,1-3H3. The summed E-state index contributed by atoms with van der Waals surface area (Å²) < 4.78 is 19.1. The molecule has 0 heterocycles. The van der Waals surface area contributed by atoms with E-state index < -0.39 is 0 Å². The van der Waals surface area contributed by atoms with Crippen molar-refractivity contribution in [3.63, 3.8) is 0 Å². The SMILES string of the molecule is COc1ccc(C(Br)c2cc(C)ccc2F)cc1C. The van der Waals surface area contributed by atoms with Crippen LogP contribution >= 0.6 is 15.9 Å². The van der Waals surface area contributed by atoms with Gasteiger partial charge in [0.2, 0.25) is 0 Å². The van der Waals surface area contributed by atoms with Crippen LogP contribution in [0.2, 0.25) is 0 Å². The van der Waals surface area contributed by atoms with Gasteiger partial charge in [-0.2, -0.15) is 0 Å². The van der Waals surface area contributed by atoms with Crippen molar-refractivity contribution in [2.75, 3.05) is 7.11 Å². The van der Waals surface area contributed by atoms with Gasteiger partial charge in [0.15, 0.2) is 0 Å². The van der Waals surface area contributed by atoms with Crippen molar-refractivity contribution in [3.8, 4) is 5.75 Å². The molecule has 2 aromatic rings. The normalized spacial score (nSPS) is 12.3. The molecule has 1 nitrogen and oxygen atoms in total. The van der Waals surface area contributed by atoms with Crippen LogP contribution in [-0.2, 0) is 0 Å². The summed E-state index contributed by atoms with van der Waals surface area (Å²) in [6.45, 7) is 3.94. The highest BCUT2D eigenvalue weighted by Gasteiger charge is 2.16. The highest BCUT2D eigenvalue weighted by Crippen LogP contribution is 2.34. The Kier molecular flexibility index (Phi) is 4.25. The predicted octanol–water partition coefficient (Wildman–Crippen LogP) is 4.94. The van der Waals surface area contributed by atoms with Crippen LogP contribution < -0.4 is 4.74 Å². The average molecular weight is 323 g/mol. The van der Waals surface area contributed by atoms with Gasteiger partial charge in [-0.15, -0.1) is 0 Å². The lowest BCUT2D eigenvalue weighted by Gasteiger charge is -2.14. The van der Waals surface area contributed by atoms with E-state index >= 15 is 0 Å². The first-order valence-electron chi connectivity index (χ1n) is 6.07. The molecule has 0 fully saturated rings. The zero-order valence-corrected chi connectivity index (χ0v) is 12.8. The van der Waals surface area contributed by atoms with Gasteiger partial charge < -0.3 is 4.74 Å². The Morgan fingerprint density at radius 1 is 1.11 bits per heavy atom. The summed E-state index contributed by atoms with van der Waals surface area (Å²) in [5, 5.41) is 0. The molecular formula is C16H16BrFO. The van der Waals surface area contributed by atoms with Gasteiger partial charge in [-0.3, -0.25) is 0 Å². The number of ether oxygens (including phenoxy) is 1. The van der Waals surface area contributed by atoms with Gasteiger partial charge >= 0.3 is 0 Å². The van der Waals surface area contributed by atoms with Crippen molar-refractivity contribution >= 4 is 15.9 Å². The highest BCUT2D eigenvalue weighted by atomic mass is 79.9. The topological polar surface area (TPSA) is 9.23 Å². The van der Waals surface area contributed by atoms with Crippen LogP contribution in [0.5, 0.6) is 5.75 Å². The Balaban J connectivity index is 2.41. The van der Waals surface area contributed by atoms with Crippen LogP contribution in [-0.4, -0.2) is 7.11 Å². The Morgan fingerprint density at radius 3 is 2.47 bits per heavy atom. The third kappa shape index (κ3) is 2.98. The Labute approximate surface area is 121 Å². The molecule has 0 spiro atoms. The fourth-order valence-electron chi connectivity index (χ4n) is 2.10. The summed E-state index contributed by atoms with van der Waals surface area (Å²) in [7, 11) is 1.65. The molecule has 0 saturated heterocycles. The minimum absolute atomic E-state index is 0.156. The summed E-state index contributed by atoms with van der Waals surface area (Å²) in [5.41, 5.74) is 3.76. The zero-order valence-electron chi connectivity index (χ0n) is 11.2. The number of alkyl halides is 1. The number of methoxy groups -OCH3 is 1. The Hall–Kier alpha value is -1.35. The van der Waals surface area contributed by atoms with E-state index in [1.807, 2.05) is 38.1 Å². The first-order valence-corrected chi connectivity index (χ1v) is 6.99. The van der Waals surface area contributed by atoms with Crippen molar-refractivity contribution in [1.82, 2.24) is 0 Å². The fraction of sp³-hybridized carbons (Fsp3) is 0.250. The number of hydrogen-bond acceptors (Lipinski definition) is 1. The number of rotatable bonds is 3. The molecule has 19 heavy (non-hydrogen) atoms. The van der Waals surface area contributed by atoms with Gasteiger partial charge in [-0.1, -0.05) is 45.8 Å². The Bertz CT molecular complexity index is 595. The van der Waals surface area contributed by atoms with E-state index in [1.165, 1.54) is 6.07 Å². The van der Waals surface area contributed by atoms with E-state index in [2.05, 4.69) is 15.9 Å². The lowest BCUT2D eigenvalue weighted by Crippen LogP contribution is -1.98. The van der Waals surface area contributed by atoms with Gasteiger partial charge in [0.1, 0.15) is 11.6 Å². The lowest BCUT2D eigenvalue weighted by atomic mass is 10.0. The number of benzene rings is 2. The molecule has 100 valence electrons. The van der Waals surface area contributed by atoms with E-state index in [4.69, 9.17) is 4.74 Å². The maximum atomic E-state index is 13.9. The molecule has 0 N–H and O–H groups in total. The largest absolute Gasteiger partial charge is 0.496 e. The maximum Gasteiger partial charge on any atom is 0.127 e. The summed E-state index contributed by atoms with van der Waals surface area (Å²) in [5.74, 6) is 0.647. The van der Waals surface area contributed by atoms with Crippen LogP contribution in [0.1, 0.15) is 27.1 Å². The van der Waals surface area contributed by atoms with Crippen molar-refractivity contribution in [2.24, 2.45) is 0 Å². The molecule has 0 bridgehead atoms. The summed E-state index contributed by atoms with van der Waals surface area (Å²) in [4.78, 5) is -0.156. The molecular weight excluding hydrogens is 307 g/mol. The van der Waals surface area contributed by atoms with Crippen molar-refractivity contribution < 1.29 is 9.13 Å². The summed E-state index contributed by atoms with van der Waals surface area (Å²) in [6.07, 6.45) is 0. The maximum absolute atomic E-state index is 13.9. The minimum atomic E-state index is -0.194.